The molecule has 0 saturated carbocycles. The number of rotatable bonds is 2. The van der Waals surface area contributed by atoms with Gasteiger partial charge in [-0.2, -0.15) is 0 Å². The molecule has 0 saturated heterocycles. The van der Waals surface area contributed by atoms with Crippen LogP contribution in [0.15, 0.2) is 16.9 Å². The van der Waals surface area contributed by atoms with Gasteiger partial charge in [-0.15, -0.1) is 11.3 Å². The van der Waals surface area contributed by atoms with E-state index in [1.165, 1.54) is 11.5 Å². The van der Waals surface area contributed by atoms with Crippen molar-refractivity contribution in [3.05, 3.63) is 43.5 Å². The predicted octanol–water partition coefficient (Wildman–Crippen LogP) is 3.18. The standard InChI is InChI=1S/C17H17N3O2S/c1-8-6-12(9(2)21)15-13(7-8)17(22)20(5)16(19-15)14-10(3)23-11(4)18-14/h6-7H,1-5H3. The van der Waals surface area contributed by atoms with Gasteiger partial charge in [-0.05, 0) is 45.4 Å². The molecule has 0 atom stereocenters. The molecule has 2 aromatic heterocycles. The lowest BCUT2D eigenvalue weighted by Gasteiger charge is -2.11. The van der Waals surface area contributed by atoms with Crippen LogP contribution in [0.3, 0.4) is 0 Å². The zero-order chi connectivity index (χ0) is 16.9. The number of hydrogen-bond donors (Lipinski definition) is 0. The molecule has 0 spiro atoms. The topological polar surface area (TPSA) is 64.8 Å². The lowest BCUT2D eigenvalue weighted by molar-refractivity contribution is 0.101. The number of fused-ring (bicyclic) bond motifs is 1. The third-order valence-corrected chi connectivity index (χ3v) is 4.71. The number of Topliss-reactive ketones (excluding diaryl/α,β-unsaturated/α-hetero) is 1. The molecule has 6 heteroatoms. The molecule has 0 unspecified atom stereocenters. The van der Waals surface area contributed by atoms with Crippen molar-refractivity contribution >= 4 is 28.0 Å². The lowest BCUT2D eigenvalue weighted by Crippen LogP contribution is -2.21. The van der Waals surface area contributed by atoms with Gasteiger partial charge in [0.25, 0.3) is 5.56 Å². The van der Waals surface area contributed by atoms with E-state index < -0.39 is 0 Å². The number of aromatic nitrogens is 3. The molecule has 5 nitrogen and oxygen atoms in total. The van der Waals surface area contributed by atoms with E-state index in [2.05, 4.69) is 9.97 Å². The maximum atomic E-state index is 12.8. The van der Waals surface area contributed by atoms with Crippen LogP contribution < -0.4 is 5.56 Å². The molecule has 23 heavy (non-hydrogen) atoms. The molecule has 3 aromatic rings. The molecule has 0 radical (unpaired) electrons. The highest BCUT2D eigenvalue weighted by atomic mass is 32.1. The Hall–Kier alpha value is -2.34. The second kappa shape index (κ2) is 5.38. The van der Waals surface area contributed by atoms with Crippen LogP contribution in [0.25, 0.3) is 22.4 Å². The Bertz CT molecular complexity index is 1010. The first-order chi connectivity index (χ1) is 10.8. The third-order valence-electron chi connectivity index (χ3n) is 3.82. The maximum Gasteiger partial charge on any atom is 0.261 e. The van der Waals surface area contributed by atoms with Crippen molar-refractivity contribution < 1.29 is 4.79 Å². The minimum absolute atomic E-state index is 0.100. The fourth-order valence-electron chi connectivity index (χ4n) is 2.74. The van der Waals surface area contributed by atoms with Crippen LogP contribution in [0.4, 0.5) is 0 Å². The summed E-state index contributed by atoms with van der Waals surface area (Å²) in [5.74, 6) is 0.396. The molecule has 0 aliphatic carbocycles. The Labute approximate surface area is 137 Å². The molecule has 0 bridgehead atoms. The monoisotopic (exact) mass is 327 g/mol. The second-order valence-corrected chi connectivity index (χ2v) is 7.11. The average molecular weight is 327 g/mol. The van der Waals surface area contributed by atoms with Crippen LogP contribution >= 0.6 is 11.3 Å². The van der Waals surface area contributed by atoms with E-state index in [1.807, 2.05) is 20.8 Å². The van der Waals surface area contributed by atoms with Gasteiger partial charge in [-0.3, -0.25) is 14.2 Å². The van der Waals surface area contributed by atoms with Gasteiger partial charge >= 0.3 is 0 Å². The van der Waals surface area contributed by atoms with Crippen molar-refractivity contribution in [2.75, 3.05) is 0 Å². The van der Waals surface area contributed by atoms with E-state index in [4.69, 9.17) is 0 Å². The highest BCUT2D eigenvalue weighted by molar-refractivity contribution is 7.11. The Balaban J connectivity index is 2.47. The third kappa shape index (κ3) is 2.49. The van der Waals surface area contributed by atoms with Crippen LogP contribution in [0.2, 0.25) is 0 Å². The highest BCUT2D eigenvalue weighted by Gasteiger charge is 2.18. The van der Waals surface area contributed by atoms with E-state index in [0.717, 1.165) is 15.4 Å². The summed E-state index contributed by atoms with van der Waals surface area (Å²) in [5.41, 5.74) is 2.33. The number of thiazole rings is 1. The summed E-state index contributed by atoms with van der Waals surface area (Å²) in [7, 11) is 1.69. The van der Waals surface area contributed by atoms with Crippen LogP contribution in [0.5, 0.6) is 0 Å². The minimum atomic E-state index is -0.166. The first-order valence-corrected chi connectivity index (χ1v) is 8.08. The quantitative estimate of drug-likeness (QED) is 0.678. The largest absolute Gasteiger partial charge is 0.294 e. The maximum absolute atomic E-state index is 12.8. The predicted molar refractivity (Wildman–Crippen MR) is 92.3 cm³/mol. The SMILES string of the molecule is CC(=O)c1cc(C)cc2c(=O)n(C)c(-c3nc(C)sc3C)nc12. The molecule has 0 fully saturated rings. The number of benzene rings is 1. The molecule has 118 valence electrons. The van der Waals surface area contributed by atoms with Crippen LogP contribution in [-0.4, -0.2) is 20.3 Å². The van der Waals surface area contributed by atoms with E-state index in [1.54, 1.807) is 30.5 Å². The second-order valence-electron chi connectivity index (χ2n) is 5.70. The molecule has 0 aliphatic rings. The van der Waals surface area contributed by atoms with Crippen molar-refractivity contribution in [2.24, 2.45) is 7.05 Å². The molecule has 1 aromatic carbocycles. The van der Waals surface area contributed by atoms with Crippen LogP contribution in [0.1, 0.15) is 32.7 Å². The number of ketones is 1. The van der Waals surface area contributed by atoms with E-state index >= 15 is 0 Å². The molecule has 0 N–H and O–H groups in total. The molecule has 3 rings (SSSR count). The first kappa shape index (κ1) is 15.6. The van der Waals surface area contributed by atoms with E-state index in [0.29, 0.717) is 28.0 Å². The summed E-state index contributed by atoms with van der Waals surface area (Å²) in [6.45, 7) is 7.24. The summed E-state index contributed by atoms with van der Waals surface area (Å²) >= 11 is 1.56. The van der Waals surface area contributed by atoms with Gasteiger partial charge in [-0.1, -0.05) is 0 Å². The van der Waals surface area contributed by atoms with Gasteiger partial charge in [-0.25, -0.2) is 9.97 Å². The summed E-state index contributed by atoms with van der Waals surface area (Å²) in [4.78, 5) is 34.8. The highest BCUT2D eigenvalue weighted by Crippen LogP contribution is 2.27. The number of hydrogen-bond acceptors (Lipinski definition) is 5. The molecular formula is C17H17N3O2S. The zero-order valence-electron chi connectivity index (χ0n) is 13.7. The lowest BCUT2D eigenvalue weighted by atomic mass is 10.0. The van der Waals surface area contributed by atoms with E-state index in [9.17, 15) is 9.59 Å². The Kier molecular flexibility index (Phi) is 3.64. The number of aryl methyl sites for hydroxylation is 3. The smallest absolute Gasteiger partial charge is 0.261 e. The van der Waals surface area contributed by atoms with Crippen molar-refractivity contribution in [2.45, 2.75) is 27.7 Å². The summed E-state index contributed by atoms with van der Waals surface area (Å²) in [6.07, 6.45) is 0. The minimum Gasteiger partial charge on any atom is -0.294 e. The molecular weight excluding hydrogens is 310 g/mol. The normalized spacial score (nSPS) is 11.2. The average Bonchev–Trinajstić information content (AvgIpc) is 2.81. The van der Waals surface area contributed by atoms with Gasteiger partial charge in [0.2, 0.25) is 0 Å². The van der Waals surface area contributed by atoms with Gasteiger partial charge in [0.05, 0.1) is 15.9 Å². The first-order valence-electron chi connectivity index (χ1n) is 7.26. The van der Waals surface area contributed by atoms with Crippen molar-refractivity contribution in [3.63, 3.8) is 0 Å². The van der Waals surface area contributed by atoms with Crippen molar-refractivity contribution in [3.8, 4) is 11.5 Å². The van der Waals surface area contributed by atoms with Crippen molar-refractivity contribution in [1.29, 1.82) is 0 Å². The van der Waals surface area contributed by atoms with Gasteiger partial charge in [0, 0.05) is 17.5 Å². The number of carbonyl (C=O) groups is 1. The zero-order valence-corrected chi connectivity index (χ0v) is 14.5. The van der Waals surface area contributed by atoms with Gasteiger partial charge in [0.15, 0.2) is 11.6 Å². The van der Waals surface area contributed by atoms with Crippen LogP contribution in [0, 0.1) is 20.8 Å². The van der Waals surface area contributed by atoms with Gasteiger partial charge in [0.1, 0.15) is 5.69 Å². The number of carbonyl (C=O) groups excluding carboxylic acids is 1. The summed E-state index contributed by atoms with van der Waals surface area (Å²) in [6, 6.07) is 3.56. The number of nitrogens with zero attached hydrogens (tertiary/aromatic N) is 3. The summed E-state index contributed by atoms with van der Waals surface area (Å²) < 4.78 is 1.51. The Morgan fingerprint density at radius 1 is 1.17 bits per heavy atom. The molecule has 0 amide bonds. The van der Waals surface area contributed by atoms with E-state index in [-0.39, 0.29) is 11.3 Å². The van der Waals surface area contributed by atoms with Gasteiger partial charge < -0.3 is 0 Å². The fraction of sp³-hybridized carbons (Fsp3) is 0.294. The Morgan fingerprint density at radius 3 is 2.43 bits per heavy atom. The molecule has 2 heterocycles. The fourth-order valence-corrected chi connectivity index (χ4v) is 3.55. The summed E-state index contributed by atoms with van der Waals surface area (Å²) in [5, 5.41) is 1.38. The Morgan fingerprint density at radius 2 is 1.87 bits per heavy atom. The van der Waals surface area contributed by atoms with Crippen LogP contribution in [-0.2, 0) is 7.05 Å². The molecule has 0 aliphatic heterocycles. The van der Waals surface area contributed by atoms with Crippen molar-refractivity contribution in [1.82, 2.24) is 14.5 Å².